The zero-order valence-electron chi connectivity index (χ0n) is 17.1. The van der Waals surface area contributed by atoms with Crippen LogP contribution in [0.4, 0.5) is 4.79 Å². The van der Waals surface area contributed by atoms with Gasteiger partial charge in [0, 0.05) is 23.5 Å². The van der Waals surface area contributed by atoms with Gasteiger partial charge < -0.3 is 20.8 Å². The molecule has 3 rings (SSSR count). The number of H-pyrrole nitrogens is 1. The van der Waals surface area contributed by atoms with E-state index in [0.29, 0.717) is 0 Å². The van der Waals surface area contributed by atoms with Crippen molar-refractivity contribution in [2.24, 2.45) is 5.73 Å². The predicted octanol–water partition coefficient (Wildman–Crippen LogP) is 2.29. The molecule has 0 spiro atoms. The number of carbonyl (C=O) groups excluding carboxylic acids is 4. The number of imide groups is 1. The number of amides is 4. The lowest BCUT2D eigenvalue weighted by molar-refractivity contribution is -0.156. The summed E-state index contributed by atoms with van der Waals surface area (Å²) in [5.74, 6) is -2.32. The number of aromatic amines is 1. The zero-order chi connectivity index (χ0) is 23.3. The highest BCUT2D eigenvalue weighted by Crippen LogP contribution is 2.20. The van der Waals surface area contributed by atoms with Crippen LogP contribution in [0.15, 0.2) is 54.7 Å². The van der Waals surface area contributed by atoms with Crippen molar-refractivity contribution >= 4 is 46.3 Å². The van der Waals surface area contributed by atoms with Gasteiger partial charge in [-0.3, -0.25) is 14.9 Å². The molecule has 4 amide bonds. The number of nitrogens with two attached hydrogens (primary N) is 1. The van der Waals surface area contributed by atoms with E-state index in [-0.39, 0.29) is 17.0 Å². The van der Waals surface area contributed by atoms with E-state index in [2.05, 4.69) is 10.3 Å². The predicted molar refractivity (Wildman–Crippen MR) is 118 cm³/mol. The maximum atomic E-state index is 12.9. The summed E-state index contributed by atoms with van der Waals surface area (Å²) >= 11 is 6.10. The molecule has 0 aliphatic heterocycles. The summed E-state index contributed by atoms with van der Waals surface area (Å²) in [4.78, 5) is 51.5. The lowest BCUT2D eigenvalue weighted by Gasteiger charge is -2.20. The molecular weight excluding hydrogens is 436 g/mol. The number of urea groups is 1. The summed E-state index contributed by atoms with van der Waals surface area (Å²) in [7, 11) is 0. The van der Waals surface area contributed by atoms with Gasteiger partial charge in [-0.15, -0.1) is 0 Å². The van der Waals surface area contributed by atoms with E-state index in [0.717, 1.165) is 16.5 Å². The number of ether oxygens (including phenoxy) is 1. The van der Waals surface area contributed by atoms with Gasteiger partial charge in [-0.2, -0.15) is 0 Å². The van der Waals surface area contributed by atoms with Crippen molar-refractivity contribution < 1.29 is 23.9 Å². The van der Waals surface area contributed by atoms with E-state index in [1.54, 1.807) is 24.4 Å². The Labute approximate surface area is 188 Å². The summed E-state index contributed by atoms with van der Waals surface area (Å²) in [6.07, 6.45) is 0.511. The van der Waals surface area contributed by atoms with E-state index in [1.165, 1.54) is 13.0 Å². The lowest BCUT2D eigenvalue weighted by Crippen LogP contribution is -2.47. The van der Waals surface area contributed by atoms with Gasteiger partial charge in [-0.05, 0) is 30.7 Å². The van der Waals surface area contributed by atoms with Gasteiger partial charge in [-0.1, -0.05) is 41.9 Å². The number of aromatic nitrogens is 1. The fourth-order valence-electron chi connectivity index (χ4n) is 3.13. The fraction of sp³-hybridized carbons (Fsp3) is 0.182. The number of primary amides is 1. The third-order valence-electron chi connectivity index (χ3n) is 4.72. The van der Waals surface area contributed by atoms with Crippen LogP contribution in [-0.4, -0.2) is 40.9 Å². The van der Waals surface area contributed by atoms with Crippen LogP contribution in [0.5, 0.6) is 0 Å². The number of para-hydroxylation sites is 1. The van der Waals surface area contributed by atoms with Crippen molar-refractivity contribution in [2.75, 3.05) is 0 Å². The molecule has 2 atom stereocenters. The first-order valence-corrected chi connectivity index (χ1v) is 10.0. The lowest BCUT2D eigenvalue weighted by atomic mass is 10.0. The van der Waals surface area contributed by atoms with E-state index < -0.39 is 36.0 Å². The van der Waals surface area contributed by atoms with E-state index >= 15 is 0 Å². The number of hydrogen-bond donors (Lipinski definition) is 4. The highest BCUT2D eigenvalue weighted by atomic mass is 35.5. The quantitative estimate of drug-likeness (QED) is 0.403. The van der Waals surface area contributed by atoms with Gasteiger partial charge in [0.1, 0.15) is 6.04 Å². The molecule has 0 fully saturated rings. The minimum atomic E-state index is -1.31. The van der Waals surface area contributed by atoms with Crippen molar-refractivity contribution in [1.29, 1.82) is 0 Å². The second-order valence-corrected chi connectivity index (χ2v) is 7.41. The van der Waals surface area contributed by atoms with Crippen molar-refractivity contribution in [3.05, 3.63) is 70.9 Å². The molecule has 0 bridgehead atoms. The van der Waals surface area contributed by atoms with Crippen molar-refractivity contribution in [2.45, 2.75) is 25.5 Å². The molecule has 2 unspecified atom stereocenters. The Balaban J connectivity index is 1.83. The molecule has 32 heavy (non-hydrogen) atoms. The van der Waals surface area contributed by atoms with Crippen LogP contribution in [0.3, 0.4) is 0 Å². The molecule has 0 aliphatic rings. The van der Waals surface area contributed by atoms with Crippen molar-refractivity contribution in [3.63, 3.8) is 0 Å². The van der Waals surface area contributed by atoms with Gasteiger partial charge in [-0.25, -0.2) is 9.59 Å². The molecule has 2 aromatic carbocycles. The number of rotatable bonds is 7. The molecule has 1 aromatic heterocycles. The van der Waals surface area contributed by atoms with Crippen LogP contribution in [-0.2, 0) is 20.7 Å². The van der Waals surface area contributed by atoms with Crippen LogP contribution in [0.1, 0.15) is 22.8 Å². The maximum absolute atomic E-state index is 12.9. The number of carbonyl (C=O) groups is 4. The van der Waals surface area contributed by atoms with Gasteiger partial charge in [0.15, 0.2) is 6.10 Å². The first kappa shape index (κ1) is 22.8. The Morgan fingerprint density at radius 2 is 1.78 bits per heavy atom. The Morgan fingerprint density at radius 3 is 2.50 bits per heavy atom. The number of nitrogens with one attached hydrogen (secondary N) is 3. The number of halogens is 1. The van der Waals surface area contributed by atoms with Gasteiger partial charge in [0.2, 0.25) is 0 Å². The van der Waals surface area contributed by atoms with Gasteiger partial charge in [0.25, 0.3) is 11.8 Å². The molecule has 0 saturated carbocycles. The molecule has 5 N–H and O–H groups in total. The normalized spacial score (nSPS) is 12.6. The van der Waals surface area contributed by atoms with E-state index in [1.807, 2.05) is 29.6 Å². The number of benzene rings is 2. The Kier molecular flexibility index (Phi) is 7.11. The molecular formula is C22H21ClN4O5. The molecule has 166 valence electrons. The van der Waals surface area contributed by atoms with Crippen LogP contribution in [0, 0.1) is 0 Å². The SMILES string of the molecule is CC(OC(=O)C(Cc1c[nH]c2ccccc12)NC(=O)c1ccccc1Cl)C(=O)NC(N)=O. The first-order chi connectivity index (χ1) is 15.3. The Bertz CT molecular complexity index is 1180. The maximum Gasteiger partial charge on any atom is 0.329 e. The molecule has 3 aromatic rings. The summed E-state index contributed by atoms with van der Waals surface area (Å²) in [5, 5.41) is 5.56. The van der Waals surface area contributed by atoms with Gasteiger partial charge in [0.05, 0.1) is 10.6 Å². The van der Waals surface area contributed by atoms with Crippen LogP contribution < -0.4 is 16.4 Å². The second kappa shape index (κ2) is 9.97. The van der Waals surface area contributed by atoms with E-state index in [9.17, 15) is 19.2 Å². The second-order valence-electron chi connectivity index (χ2n) is 7.00. The minimum absolute atomic E-state index is 0.0865. The summed E-state index contributed by atoms with van der Waals surface area (Å²) < 4.78 is 5.19. The average molecular weight is 457 g/mol. The Hall–Kier alpha value is -3.85. The molecule has 10 heteroatoms. The summed E-state index contributed by atoms with van der Waals surface area (Å²) in [6.45, 7) is 1.29. The molecule has 9 nitrogen and oxygen atoms in total. The summed E-state index contributed by atoms with van der Waals surface area (Å²) in [6, 6.07) is 11.7. The van der Waals surface area contributed by atoms with Crippen LogP contribution in [0.25, 0.3) is 10.9 Å². The molecule has 1 heterocycles. The number of fused-ring (bicyclic) bond motifs is 1. The summed E-state index contributed by atoms with van der Waals surface area (Å²) in [5.41, 5.74) is 6.73. The first-order valence-electron chi connectivity index (χ1n) is 9.67. The number of esters is 1. The largest absolute Gasteiger partial charge is 0.451 e. The van der Waals surface area contributed by atoms with Crippen molar-refractivity contribution in [1.82, 2.24) is 15.6 Å². The topological polar surface area (TPSA) is 143 Å². The number of hydrogen-bond acceptors (Lipinski definition) is 5. The zero-order valence-corrected chi connectivity index (χ0v) is 17.8. The van der Waals surface area contributed by atoms with Crippen LogP contribution >= 0.6 is 11.6 Å². The highest BCUT2D eigenvalue weighted by Gasteiger charge is 2.28. The third-order valence-corrected chi connectivity index (χ3v) is 5.05. The smallest absolute Gasteiger partial charge is 0.329 e. The average Bonchev–Trinajstić information content (AvgIpc) is 3.15. The monoisotopic (exact) mass is 456 g/mol. The minimum Gasteiger partial charge on any atom is -0.451 e. The standard InChI is InChI=1S/C22H21ClN4O5/c1-12(19(28)27-22(24)31)32-21(30)18(26-20(29)15-7-2-4-8-16(15)23)10-13-11-25-17-9-5-3-6-14(13)17/h2-9,11-12,18,25H,10H2,1H3,(H,26,29)(H3,24,27,28,31). The van der Waals surface area contributed by atoms with Crippen molar-refractivity contribution in [3.8, 4) is 0 Å². The Morgan fingerprint density at radius 1 is 1.09 bits per heavy atom. The molecule has 0 radical (unpaired) electrons. The van der Waals surface area contributed by atoms with Gasteiger partial charge >= 0.3 is 12.0 Å². The molecule has 0 aliphatic carbocycles. The highest BCUT2D eigenvalue weighted by molar-refractivity contribution is 6.33. The molecule has 0 saturated heterocycles. The van der Waals surface area contributed by atoms with Crippen LogP contribution in [0.2, 0.25) is 5.02 Å². The fourth-order valence-corrected chi connectivity index (χ4v) is 3.35. The van der Waals surface area contributed by atoms with E-state index in [4.69, 9.17) is 22.1 Å². The third kappa shape index (κ3) is 5.44.